The summed E-state index contributed by atoms with van der Waals surface area (Å²) in [6.45, 7) is 1.58. The number of benzene rings is 1. The zero-order chi connectivity index (χ0) is 14.7. The molecule has 1 aromatic carbocycles. The molecule has 0 unspecified atom stereocenters. The highest BCUT2D eigenvalue weighted by molar-refractivity contribution is 5.56. The van der Waals surface area contributed by atoms with Gasteiger partial charge in [-0.25, -0.2) is 13.8 Å². The minimum Gasteiger partial charge on any atom is -0.360 e. The van der Waals surface area contributed by atoms with Crippen molar-refractivity contribution in [3.8, 4) is 0 Å². The topological polar surface area (TPSA) is 68.1 Å². The Labute approximate surface area is 113 Å². The van der Waals surface area contributed by atoms with Gasteiger partial charge in [0.15, 0.2) is 0 Å². The quantitative estimate of drug-likeness (QED) is 0.689. The van der Waals surface area contributed by atoms with Gasteiger partial charge in [0.25, 0.3) is 0 Å². The summed E-state index contributed by atoms with van der Waals surface area (Å²) in [6, 6.07) is 4.40. The fourth-order valence-corrected chi connectivity index (χ4v) is 1.69. The van der Waals surface area contributed by atoms with E-state index in [2.05, 4.69) is 10.3 Å². The Balaban J connectivity index is 2.23. The normalized spacial score (nSPS) is 10.3. The standard InChI is InChI=1S/C13H11F2N3O2/c1-8-4-12(18(19)20)13(16-6-8)17-7-9-5-10(14)2-3-11(9)15/h2-6H,7H2,1H3,(H,16,17). The molecule has 7 heteroatoms. The first-order valence-corrected chi connectivity index (χ1v) is 5.76. The third-order valence-corrected chi connectivity index (χ3v) is 2.66. The molecule has 1 heterocycles. The molecule has 2 aromatic rings. The number of hydrogen-bond donors (Lipinski definition) is 1. The molecule has 0 saturated heterocycles. The van der Waals surface area contributed by atoms with E-state index in [9.17, 15) is 18.9 Å². The average Bonchev–Trinajstić information content (AvgIpc) is 2.40. The van der Waals surface area contributed by atoms with Crippen LogP contribution in [0.25, 0.3) is 0 Å². The SMILES string of the molecule is Cc1cnc(NCc2cc(F)ccc2F)c([N+](=O)[O-])c1. The van der Waals surface area contributed by atoms with Crippen molar-refractivity contribution in [2.75, 3.05) is 5.32 Å². The molecule has 0 radical (unpaired) electrons. The van der Waals surface area contributed by atoms with E-state index in [-0.39, 0.29) is 23.6 Å². The fourth-order valence-electron chi connectivity index (χ4n) is 1.69. The van der Waals surface area contributed by atoms with Crippen molar-refractivity contribution < 1.29 is 13.7 Å². The Morgan fingerprint density at radius 3 is 2.80 bits per heavy atom. The van der Waals surface area contributed by atoms with Gasteiger partial charge in [-0.1, -0.05) is 0 Å². The fraction of sp³-hybridized carbons (Fsp3) is 0.154. The van der Waals surface area contributed by atoms with E-state index < -0.39 is 16.6 Å². The van der Waals surface area contributed by atoms with Crippen molar-refractivity contribution in [2.24, 2.45) is 0 Å². The highest BCUT2D eigenvalue weighted by Gasteiger charge is 2.15. The predicted molar refractivity (Wildman–Crippen MR) is 69.3 cm³/mol. The van der Waals surface area contributed by atoms with Crippen molar-refractivity contribution in [2.45, 2.75) is 13.5 Å². The molecule has 0 saturated carbocycles. The Bertz CT molecular complexity index is 662. The van der Waals surface area contributed by atoms with Gasteiger partial charge in [0.2, 0.25) is 5.82 Å². The summed E-state index contributed by atoms with van der Waals surface area (Å²) in [6.07, 6.45) is 1.46. The van der Waals surface area contributed by atoms with Gasteiger partial charge in [-0.2, -0.15) is 0 Å². The highest BCUT2D eigenvalue weighted by atomic mass is 19.1. The molecular weight excluding hydrogens is 268 g/mol. The summed E-state index contributed by atoms with van der Waals surface area (Å²) in [4.78, 5) is 14.2. The first-order valence-electron chi connectivity index (χ1n) is 5.76. The molecule has 20 heavy (non-hydrogen) atoms. The maximum atomic E-state index is 13.4. The van der Waals surface area contributed by atoms with Gasteiger partial charge in [0.1, 0.15) is 11.6 Å². The summed E-state index contributed by atoms with van der Waals surface area (Å²) in [5.41, 5.74) is 0.502. The lowest BCUT2D eigenvalue weighted by atomic mass is 10.2. The highest BCUT2D eigenvalue weighted by Crippen LogP contribution is 2.23. The van der Waals surface area contributed by atoms with Crippen LogP contribution in [0.5, 0.6) is 0 Å². The average molecular weight is 279 g/mol. The number of aryl methyl sites for hydroxylation is 1. The molecule has 2 rings (SSSR count). The van der Waals surface area contributed by atoms with Crippen LogP contribution in [0.15, 0.2) is 30.5 Å². The molecule has 0 amide bonds. The molecule has 0 fully saturated rings. The molecule has 0 aliphatic rings. The van der Waals surface area contributed by atoms with Crippen LogP contribution in [0.2, 0.25) is 0 Å². The second kappa shape index (κ2) is 5.60. The number of nitro groups is 1. The second-order valence-corrected chi connectivity index (χ2v) is 4.23. The van der Waals surface area contributed by atoms with Crippen LogP contribution < -0.4 is 5.32 Å². The minimum atomic E-state index is -0.589. The zero-order valence-electron chi connectivity index (χ0n) is 10.6. The summed E-state index contributed by atoms with van der Waals surface area (Å²) < 4.78 is 26.4. The van der Waals surface area contributed by atoms with Gasteiger partial charge in [-0.05, 0) is 30.7 Å². The van der Waals surface area contributed by atoms with Crippen molar-refractivity contribution >= 4 is 11.5 Å². The third kappa shape index (κ3) is 3.05. The number of halogens is 2. The van der Waals surface area contributed by atoms with Gasteiger partial charge >= 0.3 is 5.69 Å². The van der Waals surface area contributed by atoms with Crippen LogP contribution in [0.1, 0.15) is 11.1 Å². The van der Waals surface area contributed by atoms with Crippen LogP contribution in [-0.2, 0) is 6.54 Å². The molecule has 0 aliphatic heterocycles. The lowest BCUT2D eigenvalue weighted by molar-refractivity contribution is -0.384. The van der Waals surface area contributed by atoms with Gasteiger partial charge in [0.05, 0.1) is 4.92 Å². The summed E-state index contributed by atoms with van der Waals surface area (Å²) in [5.74, 6) is -1.15. The van der Waals surface area contributed by atoms with Gasteiger partial charge in [0, 0.05) is 24.4 Å². The molecule has 1 aromatic heterocycles. The molecule has 104 valence electrons. The summed E-state index contributed by atoms with van der Waals surface area (Å²) >= 11 is 0. The smallest absolute Gasteiger partial charge is 0.311 e. The number of rotatable bonds is 4. The molecule has 0 spiro atoms. The van der Waals surface area contributed by atoms with E-state index >= 15 is 0 Å². The van der Waals surface area contributed by atoms with Crippen molar-refractivity contribution in [3.63, 3.8) is 0 Å². The maximum absolute atomic E-state index is 13.4. The van der Waals surface area contributed by atoms with Gasteiger partial charge < -0.3 is 5.32 Å². The number of nitrogens with zero attached hydrogens (tertiary/aromatic N) is 2. The lowest BCUT2D eigenvalue weighted by Gasteiger charge is -2.07. The van der Waals surface area contributed by atoms with Crippen molar-refractivity contribution in [1.29, 1.82) is 0 Å². The lowest BCUT2D eigenvalue weighted by Crippen LogP contribution is -2.06. The summed E-state index contributed by atoms with van der Waals surface area (Å²) in [7, 11) is 0. The van der Waals surface area contributed by atoms with Crippen LogP contribution in [-0.4, -0.2) is 9.91 Å². The maximum Gasteiger partial charge on any atom is 0.311 e. The number of hydrogen-bond acceptors (Lipinski definition) is 4. The third-order valence-electron chi connectivity index (χ3n) is 2.66. The Kier molecular flexibility index (Phi) is 3.88. The minimum absolute atomic E-state index is 0.0178. The van der Waals surface area contributed by atoms with Gasteiger partial charge in [-0.3, -0.25) is 10.1 Å². The predicted octanol–water partition coefficient (Wildman–Crippen LogP) is 3.19. The first-order chi connectivity index (χ1) is 9.47. The Hall–Kier alpha value is -2.57. The largest absolute Gasteiger partial charge is 0.360 e. The van der Waals surface area contributed by atoms with Crippen LogP contribution >= 0.6 is 0 Å². The number of aromatic nitrogens is 1. The first kappa shape index (κ1) is 13.9. The summed E-state index contributed by atoms with van der Waals surface area (Å²) in [5, 5.41) is 13.5. The van der Waals surface area contributed by atoms with E-state index in [1.807, 2.05) is 0 Å². The molecule has 0 bridgehead atoms. The van der Waals surface area contributed by atoms with Crippen molar-refractivity contribution in [1.82, 2.24) is 4.98 Å². The molecule has 5 nitrogen and oxygen atoms in total. The van der Waals surface area contributed by atoms with E-state index in [1.165, 1.54) is 12.3 Å². The monoisotopic (exact) mass is 279 g/mol. The van der Waals surface area contributed by atoms with Crippen molar-refractivity contribution in [3.05, 3.63) is 63.3 Å². The van der Waals surface area contributed by atoms with E-state index in [0.29, 0.717) is 5.56 Å². The molecule has 0 aliphatic carbocycles. The molecular formula is C13H11F2N3O2. The van der Waals surface area contributed by atoms with Crippen LogP contribution in [0, 0.1) is 28.7 Å². The van der Waals surface area contributed by atoms with E-state index in [4.69, 9.17) is 0 Å². The van der Waals surface area contributed by atoms with Crippen LogP contribution in [0.3, 0.4) is 0 Å². The van der Waals surface area contributed by atoms with E-state index in [0.717, 1.165) is 18.2 Å². The van der Waals surface area contributed by atoms with Crippen LogP contribution in [0.4, 0.5) is 20.3 Å². The Morgan fingerprint density at radius 2 is 2.10 bits per heavy atom. The van der Waals surface area contributed by atoms with Gasteiger partial charge in [-0.15, -0.1) is 0 Å². The Morgan fingerprint density at radius 1 is 1.35 bits per heavy atom. The zero-order valence-corrected chi connectivity index (χ0v) is 10.6. The molecule has 0 atom stereocenters. The molecule has 1 N–H and O–H groups in total. The second-order valence-electron chi connectivity index (χ2n) is 4.23. The van der Waals surface area contributed by atoms with E-state index in [1.54, 1.807) is 6.92 Å². The number of nitrogens with one attached hydrogen (secondary N) is 1. The number of pyridine rings is 1. The number of anilines is 1.